The molecule has 158 valence electrons. The zero-order valence-electron chi connectivity index (χ0n) is 17.4. The molecule has 0 unspecified atom stereocenters. The molecule has 0 atom stereocenters. The van der Waals surface area contributed by atoms with E-state index < -0.39 is 21.9 Å². The normalized spacial score (nSPS) is 16.1. The lowest BCUT2D eigenvalue weighted by Gasteiger charge is -2.30. The van der Waals surface area contributed by atoms with Crippen molar-refractivity contribution in [2.75, 3.05) is 31.5 Å². The lowest BCUT2D eigenvalue weighted by atomic mass is 9.96. The summed E-state index contributed by atoms with van der Waals surface area (Å²) in [5.41, 5.74) is 1.54. The van der Waals surface area contributed by atoms with E-state index in [0.717, 1.165) is 26.2 Å². The molecule has 0 spiro atoms. The highest BCUT2D eigenvalue weighted by molar-refractivity contribution is 7.86. The van der Waals surface area contributed by atoms with Crippen LogP contribution in [0.3, 0.4) is 0 Å². The Bertz CT molecular complexity index is 857. The molecule has 28 heavy (non-hydrogen) atoms. The zero-order valence-corrected chi connectivity index (χ0v) is 18.2. The molecule has 7 nitrogen and oxygen atoms in total. The number of halogens is 1. The molecule has 0 saturated carbocycles. The first-order valence-electron chi connectivity index (χ1n) is 9.31. The van der Waals surface area contributed by atoms with Crippen LogP contribution < -0.4 is 10.6 Å². The molecule has 0 aliphatic carbocycles. The van der Waals surface area contributed by atoms with Crippen LogP contribution in [0.1, 0.15) is 43.0 Å². The van der Waals surface area contributed by atoms with E-state index in [-0.39, 0.29) is 16.1 Å². The van der Waals surface area contributed by atoms with Gasteiger partial charge in [0.2, 0.25) is 0 Å². The summed E-state index contributed by atoms with van der Waals surface area (Å²) in [6.45, 7) is 13.9. The van der Waals surface area contributed by atoms with E-state index in [9.17, 15) is 17.1 Å². The van der Waals surface area contributed by atoms with Gasteiger partial charge in [0.15, 0.2) is 0 Å². The van der Waals surface area contributed by atoms with Gasteiger partial charge in [-0.05, 0) is 63.8 Å². The summed E-state index contributed by atoms with van der Waals surface area (Å²) in [6.07, 6.45) is -0.710. The van der Waals surface area contributed by atoms with Gasteiger partial charge in [0, 0.05) is 32.7 Å². The fourth-order valence-electron chi connectivity index (χ4n) is 3.53. The molecular weight excluding hydrogens is 385 g/mol. The molecule has 1 amide bonds. The van der Waals surface area contributed by atoms with Gasteiger partial charge in [0.1, 0.15) is 10.5 Å². The van der Waals surface area contributed by atoms with Gasteiger partial charge in [-0.1, -0.05) is 0 Å². The van der Waals surface area contributed by atoms with E-state index in [4.69, 9.17) is 4.74 Å². The Balaban J connectivity index is 2.53. The van der Waals surface area contributed by atoms with E-state index >= 15 is 0 Å². The van der Waals surface area contributed by atoms with Gasteiger partial charge in [0.05, 0.1) is 5.69 Å². The Morgan fingerprint density at radius 2 is 1.71 bits per heavy atom. The first kappa shape index (κ1) is 22.6. The molecule has 1 aliphatic rings. The first-order valence-corrected chi connectivity index (χ1v) is 10.7. The predicted octanol–water partition coefficient (Wildman–Crippen LogP) is 3.02. The number of ether oxygens (including phenoxy) is 1. The highest BCUT2D eigenvalue weighted by Crippen LogP contribution is 2.36. The van der Waals surface area contributed by atoms with E-state index in [0.29, 0.717) is 23.2 Å². The van der Waals surface area contributed by atoms with Crippen molar-refractivity contribution < 1.29 is 21.8 Å². The maximum absolute atomic E-state index is 14.1. The fraction of sp³-hybridized carbons (Fsp3) is 0.632. The largest absolute Gasteiger partial charge is 0.444 e. The van der Waals surface area contributed by atoms with E-state index in [1.165, 1.54) is 6.92 Å². The average Bonchev–Trinajstić information content (AvgIpc) is 2.53. The van der Waals surface area contributed by atoms with E-state index in [1.807, 2.05) is 0 Å². The Hall–Kier alpha value is -1.71. The highest BCUT2D eigenvalue weighted by Gasteiger charge is 2.28. The number of anilines is 1. The van der Waals surface area contributed by atoms with Gasteiger partial charge in [0.25, 0.3) is 0 Å². The Morgan fingerprint density at radius 1 is 1.14 bits per heavy atom. The van der Waals surface area contributed by atoms with Crippen LogP contribution in [0.2, 0.25) is 0 Å². The van der Waals surface area contributed by atoms with Crippen molar-refractivity contribution in [2.45, 2.75) is 58.6 Å². The lowest BCUT2D eigenvalue weighted by molar-refractivity contribution is 0.0635. The minimum atomic E-state index is -4.96. The number of nitrogens with one attached hydrogen (secondary N) is 2. The summed E-state index contributed by atoms with van der Waals surface area (Å²) in [6, 6.07) is 0. The molecule has 0 aromatic heterocycles. The average molecular weight is 416 g/mol. The molecular formula is C19H30FN3O4S. The second-order valence-electron chi connectivity index (χ2n) is 8.15. The number of nitrogens with zero attached hydrogens (tertiary/aromatic N) is 1. The van der Waals surface area contributed by atoms with E-state index in [1.54, 1.807) is 34.6 Å². The smallest absolute Gasteiger partial charge is 0.412 e. The van der Waals surface area contributed by atoms with Crippen molar-refractivity contribution in [1.29, 1.82) is 0 Å². The number of benzene rings is 1. The van der Waals surface area contributed by atoms with Crippen LogP contribution in [0.15, 0.2) is 4.90 Å². The summed E-state index contributed by atoms with van der Waals surface area (Å²) >= 11 is 0. The standard InChI is InChI=1S/C19H30FN3O4S/c1-12-15(11-23-9-7-21-8-10-23)13(2)17(28(20,25)26)14(3)16(12)22-18(24)27-19(4,5)6/h21H,7-11H2,1-6H3,(H,22,24). The van der Waals surface area contributed by atoms with Gasteiger partial charge < -0.3 is 10.1 Å². The Morgan fingerprint density at radius 3 is 2.21 bits per heavy atom. The fourth-order valence-corrected chi connectivity index (χ4v) is 4.49. The van der Waals surface area contributed by atoms with Crippen LogP contribution in [-0.4, -0.2) is 51.2 Å². The molecule has 1 heterocycles. The number of carbonyl (C=O) groups is 1. The molecule has 2 rings (SSSR count). The molecule has 1 aromatic carbocycles. The lowest BCUT2D eigenvalue weighted by Crippen LogP contribution is -2.43. The second kappa shape index (κ2) is 8.34. The molecule has 1 aliphatic heterocycles. The minimum absolute atomic E-state index is 0.174. The van der Waals surface area contributed by atoms with Crippen LogP contribution in [0, 0.1) is 20.8 Å². The quantitative estimate of drug-likeness (QED) is 0.735. The van der Waals surface area contributed by atoms with Gasteiger partial charge in [-0.3, -0.25) is 10.2 Å². The van der Waals surface area contributed by atoms with Crippen molar-refractivity contribution in [3.8, 4) is 0 Å². The van der Waals surface area contributed by atoms with Gasteiger partial charge >= 0.3 is 16.3 Å². The second-order valence-corrected chi connectivity index (χ2v) is 9.43. The number of hydrogen-bond acceptors (Lipinski definition) is 6. The zero-order chi connectivity index (χ0) is 21.3. The Labute approximate surface area is 166 Å². The van der Waals surface area contributed by atoms with Crippen LogP contribution in [0.4, 0.5) is 14.4 Å². The summed E-state index contributed by atoms with van der Waals surface area (Å²) in [7, 11) is -4.96. The summed E-state index contributed by atoms with van der Waals surface area (Å²) in [4.78, 5) is 14.1. The molecule has 0 radical (unpaired) electrons. The number of amides is 1. The first-order chi connectivity index (χ1) is 12.8. The van der Waals surface area contributed by atoms with Crippen molar-refractivity contribution >= 4 is 22.0 Å². The van der Waals surface area contributed by atoms with Crippen LogP contribution in [0.25, 0.3) is 0 Å². The number of carbonyl (C=O) groups excluding carboxylic acids is 1. The highest BCUT2D eigenvalue weighted by atomic mass is 32.3. The van der Waals surface area contributed by atoms with Gasteiger partial charge in [-0.15, -0.1) is 3.89 Å². The molecule has 1 fully saturated rings. The van der Waals surface area contributed by atoms with Crippen molar-refractivity contribution in [1.82, 2.24) is 10.2 Å². The van der Waals surface area contributed by atoms with Crippen molar-refractivity contribution in [2.24, 2.45) is 0 Å². The van der Waals surface area contributed by atoms with Crippen LogP contribution in [0.5, 0.6) is 0 Å². The number of rotatable bonds is 4. The van der Waals surface area contributed by atoms with Crippen LogP contribution >= 0.6 is 0 Å². The molecule has 1 aromatic rings. The molecule has 0 bridgehead atoms. The number of hydrogen-bond donors (Lipinski definition) is 2. The number of piperazine rings is 1. The molecule has 2 N–H and O–H groups in total. The molecule has 9 heteroatoms. The summed E-state index contributed by atoms with van der Waals surface area (Å²) < 4.78 is 43.1. The van der Waals surface area contributed by atoms with Crippen molar-refractivity contribution in [3.63, 3.8) is 0 Å². The topological polar surface area (TPSA) is 87.7 Å². The van der Waals surface area contributed by atoms with Crippen molar-refractivity contribution in [3.05, 3.63) is 22.3 Å². The minimum Gasteiger partial charge on any atom is -0.444 e. The molecule has 1 saturated heterocycles. The Kier molecular flexibility index (Phi) is 6.73. The third kappa shape index (κ3) is 5.42. The van der Waals surface area contributed by atoms with Gasteiger partial charge in [-0.2, -0.15) is 8.42 Å². The monoisotopic (exact) mass is 415 g/mol. The third-order valence-corrected chi connectivity index (χ3v) is 5.90. The summed E-state index contributed by atoms with van der Waals surface area (Å²) in [5, 5.41) is 5.89. The SMILES string of the molecule is Cc1c(CN2CCNCC2)c(C)c(S(=O)(=O)F)c(C)c1NC(=O)OC(C)(C)C. The van der Waals surface area contributed by atoms with Crippen LogP contribution in [-0.2, 0) is 21.5 Å². The third-order valence-electron chi connectivity index (χ3n) is 4.80. The van der Waals surface area contributed by atoms with Gasteiger partial charge in [-0.25, -0.2) is 4.79 Å². The maximum Gasteiger partial charge on any atom is 0.412 e. The predicted molar refractivity (Wildman–Crippen MR) is 107 cm³/mol. The maximum atomic E-state index is 14.1. The summed E-state index contributed by atoms with van der Waals surface area (Å²) in [5.74, 6) is 0. The van der Waals surface area contributed by atoms with E-state index in [2.05, 4.69) is 15.5 Å².